The van der Waals surface area contributed by atoms with Crippen LogP contribution in [0.25, 0.3) is 0 Å². The molecule has 1 aromatic carbocycles. The average molecular weight is 322 g/mol. The predicted octanol–water partition coefficient (Wildman–Crippen LogP) is 4.39. The lowest BCUT2D eigenvalue weighted by Crippen LogP contribution is -1.95. The van der Waals surface area contributed by atoms with Crippen molar-refractivity contribution in [2.45, 2.75) is 0 Å². The van der Waals surface area contributed by atoms with E-state index >= 15 is 0 Å². The third kappa shape index (κ3) is 3.10. The summed E-state index contributed by atoms with van der Waals surface area (Å²) in [6.45, 7) is 0. The van der Waals surface area contributed by atoms with E-state index in [2.05, 4.69) is 22.6 Å². The Kier molecular flexibility index (Phi) is 3.99. The number of allylic oxidation sites excluding steroid dienone is 7. The molecule has 0 amide bonds. The summed E-state index contributed by atoms with van der Waals surface area (Å²) in [7, 11) is 0. The van der Waals surface area contributed by atoms with Gasteiger partial charge in [0, 0.05) is 0 Å². The van der Waals surface area contributed by atoms with Gasteiger partial charge in [-0.25, -0.2) is 0 Å². The summed E-state index contributed by atoms with van der Waals surface area (Å²) < 4.78 is 6.89. The van der Waals surface area contributed by atoms with Gasteiger partial charge < -0.3 is 4.74 Å². The van der Waals surface area contributed by atoms with E-state index < -0.39 is 0 Å². The van der Waals surface area contributed by atoms with Gasteiger partial charge in [-0.2, -0.15) is 0 Å². The molecule has 0 N–H and O–H groups in total. The van der Waals surface area contributed by atoms with Gasteiger partial charge in [0.15, 0.2) is 0 Å². The molecule has 0 atom stereocenters. The molecule has 0 fully saturated rings. The highest BCUT2D eigenvalue weighted by molar-refractivity contribution is 14.1. The highest BCUT2D eigenvalue weighted by Crippen LogP contribution is 2.23. The van der Waals surface area contributed by atoms with Gasteiger partial charge in [0.05, 0.1) is 3.58 Å². The molecule has 0 bridgehead atoms. The van der Waals surface area contributed by atoms with Crippen LogP contribution in [0.15, 0.2) is 76.1 Å². The van der Waals surface area contributed by atoms with E-state index in [1.165, 1.54) is 0 Å². The van der Waals surface area contributed by atoms with Gasteiger partial charge in [0.2, 0.25) is 0 Å². The molecule has 0 saturated carbocycles. The van der Waals surface area contributed by atoms with Gasteiger partial charge >= 0.3 is 0 Å². The monoisotopic (exact) mass is 322 g/mol. The van der Waals surface area contributed by atoms with Crippen molar-refractivity contribution in [2.75, 3.05) is 0 Å². The quantitative estimate of drug-likeness (QED) is 0.734. The summed E-state index contributed by atoms with van der Waals surface area (Å²) in [5, 5.41) is 0. The van der Waals surface area contributed by atoms with Gasteiger partial charge in [-0.3, -0.25) is 0 Å². The molecule has 2 rings (SSSR count). The number of halogens is 1. The van der Waals surface area contributed by atoms with Crippen molar-refractivity contribution < 1.29 is 4.74 Å². The minimum atomic E-state index is 0.856. The molecule has 1 aliphatic rings. The van der Waals surface area contributed by atoms with Gasteiger partial charge in [-0.15, -0.1) is 0 Å². The number of hydrogen-bond donors (Lipinski definition) is 0. The molecule has 0 heterocycles. The van der Waals surface area contributed by atoms with Crippen LogP contribution < -0.4 is 4.74 Å². The fourth-order valence-corrected chi connectivity index (χ4v) is 1.77. The Bertz CT molecular complexity index is 467. The van der Waals surface area contributed by atoms with Crippen LogP contribution in [-0.2, 0) is 0 Å². The van der Waals surface area contributed by atoms with E-state index in [0.29, 0.717) is 0 Å². The Labute approximate surface area is 109 Å². The lowest BCUT2D eigenvalue weighted by Gasteiger charge is -2.09. The van der Waals surface area contributed by atoms with Crippen molar-refractivity contribution in [1.29, 1.82) is 0 Å². The molecule has 80 valence electrons. The smallest absolute Gasteiger partial charge is 0.140 e. The van der Waals surface area contributed by atoms with Crippen LogP contribution >= 0.6 is 22.6 Å². The number of rotatable bonds is 2. The van der Waals surface area contributed by atoms with Crippen LogP contribution in [0.2, 0.25) is 0 Å². The molecule has 1 nitrogen and oxygen atoms in total. The lowest BCUT2D eigenvalue weighted by molar-refractivity contribution is 0.443. The summed E-state index contributed by atoms with van der Waals surface area (Å²) in [6.07, 6.45) is 11.9. The standard InChI is InChI=1S/C14H11IO/c15-13-10-6-1-2-7-11-14(13)16-12-8-4-3-5-9-12/h1-11H. The zero-order valence-corrected chi connectivity index (χ0v) is 10.8. The third-order valence-electron chi connectivity index (χ3n) is 2.03. The first kappa shape index (κ1) is 11.2. The first-order chi connectivity index (χ1) is 7.86. The second-order valence-corrected chi connectivity index (χ2v) is 4.39. The van der Waals surface area contributed by atoms with Crippen LogP contribution in [0.5, 0.6) is 5.75 Å². The first-order valence-corrected chi connectivity index (χ1v) is 6.08. The van der Waals surface area contributed by atoms with Crippen molar-refractivity contribution in [3.8, 4) is 5.75 Å². The average Bonchev–Trinajstić information content (AvgIpc) is 2.30. The fraction of sp³-hybridized carbons (Fsp3) is 0. The van der Waals surface area contributed by atoms with E-state index in [1.54, 1.807) is 0 Å². The lowest BCUT2D eigenvalue weighted by atomic mass is 10.3. The van der Waals surface area contributed by atoms with Crippen LogP contribution in [0.4, 0.5) is 0 Å². The molecule has 0 unspecified atom stereocenters. The Morgan fingerprint density at radius 3 is 2.25 bits per heavy atom. The molecule has 1 aromatic rings. The Morgan fingerprint density at radius 2 is 1.50 bits per heavy atom. The van der Waals surface area contributed by atoms with Crippen molar-refractivity contribution in [2.24, 2.45) is 0 Å². The summed E-state index contributed by atoms with van der Waals surface area (Å²) in [5.74, 6) is 1.72. The topological polar surface area (TPSA) is 9.23 Å². The Hall–Kier alpha value is -1.29. The van der Waals surface area contributed by atoms with Crippen molar-refractivity contribution in [3.05, 3.63) is 76.1 Å². The molecule has 0 saturated heterocycles. The van der Waals surface area contributed by atoms with E-state index in [4.69, 9.17) is 4.74 Å². The Balaban J connectivity index is 2.20. The molecule has 0 aliphatic heterocycles. The van der Waals surface area contributed by atoms with Crippen LogP contribution in [-0.4, -0.2) is 0 Å². The fourth-order valence-electron chi connectivity index (χ4n) is 1.27. The number of ether oxygens (including phenoxy) is 1. The van der Waals surface area contributed by atoms with Crippen molar-refractivity contribution in [1.82, 2.24) is 0 Å². The minimum Gasteiger partial charge on any atom is -0.456 e. The van der Waals surface area contributed by atoms with Gasteiger partial charge in [-0.1, -0.05) is 42.5 Å². The zero-order chi connectivity index (χ0) is 11.2. The van der Waals surface area contributed by atoms with E-state index in [1.807, 2.05) is 66.8 Å². The second kappa shape index (κ2) is 5.70. The normalized spacial score (nSPS) is 14.8. The zero-order valence-electron chi connectivity index (χ0n) is 8.64. The van der Waals surface area contributed by atoms with Crippen LogP contribution in [0, 0.1) is 0 Å². The number of para-hydroxylation sites is 1. The summed E-state index contributed by atoms with van der Waals surface area (Å²) >= 11 is 2.27. The highest BCUT2D eigenvalue weighted by atomic mass is 127. The SMILES string of the molecule is IC1=CC=CC=CC=C1Oc1ccccc1. The molecule has 0 spiro atoms. The Morgan fingerprint density at radius 1 is 0.812 bits per heavy atom. The van der Waals surface area contributed by atoms with Crippen molar-refractivity contribution >= 4 is 22.6 Å². The van der Waals surface area contributed by atoms with Gasteiger partial charge in [-0.05, 0) is 46.9 Å². The van der Waals surface area contributed by atoms with E-state index in [-0.39, 0.29) is 0 Å². The molecule has 2 heteroatoms. The predicted molar refractivity (Wildman–Crippen MR) is 75.5 cm³/mol. The molecule has 0 radical (unpaired) electrons. The number of hydrogen-bond acceptors (Lipinski definition) is 1. The molecular formula is C14H11IO. The summed E-state index contributed by atoms with van der Waals surface area (Å²) in [6, 6.07) is 9.80. The van der Waals surface area contributed by atoms with Crippen LogP contribution in [0.1, 0.15) is 0 Å². The maximum atomic E-state index is 5.80. The molecular weight excluding hydrogens is 311 g/mol. The largest absolute Gasteiger partial charge is 0.456 e. The number of benzene rings is 1. The highest BCUT2D eigenvalue weighted by Gasteiger charge is 2.03. The summed E-state index contributed by atoms with van der Waals surface area (Å²) in [5.41, 5.74) is 0. The van der Waals surface area contributed by atoms with Crippen LogP contribution in [0.3, 0.4) is 0 Å². The molecule has 0 aromatic heterocycles. The van der Waals surface area contributed by atoms with Gasteiger partial charge in [0.25, 0.3) is 0 Å². The molecule has 16 heavy (non-hydrogen) atoms. The molecule has 1 aliphatic carbocycles. The maximum absolute atomic E-state index is 5.80. The van der Waals surface area contributed by atoms with Gasteiger partial charge in [0.1, 0.15) is 11.5 Å². The minimum absolute atomic E-state index is 0.856. The van der Waals surface area contributed by atoms with E-state index in [9.17, 15) is 0 Å². The second-order valence-electron chi connectivity index (χ2n) is 3.23. The first-order valence-electron chi connectivity index (χ1n) is 5.00. The third-order valence-corrected chi connectivity index (χ3v) is 2.92. The van der Waals surface area contributed by atoms with Crippen molar-refractivity contribution in [3.63, 3.8) is 0 Å². The van der Waals surface area contributed by atoms with E-state index in [0.717, 1.165) is 15.1 Å². The summed E-state index contributed by atoms with van der Waals surface area (Å²) in [4.78, 5) is 0. The maximum Gasteiger partial charge on any atom is 0.140 e.